The monoisotopic (exact) mass is 269 g/mol. The fourth-order valence-corrected chi connectivity index (χ4v) is 1.46. The van der Waals surface area contributed by atoms with Crippen LogP contribution in [-0.2, 0) is 9.53 Å². The number of ether oxygens (including phenoxy) is 2. The van der Waals surface area contributed by atoms with E-state index in [0.29, 0.717) is 17.1 Å². The molecule has 0 heterocycles. The lowest BCUT2D eigenvalue weighted by atomic mass is 10.2. The Balaban J connectivity index is 2.91. The minimum absolute atomic E-state index is 0.0316. The molecule has 0 aliphatic heterocycles. The van der Waals surface area contributed by atoms with Crippen molar-refractivity contribution >= 4 is 34.6 Å². The van der Waals surface area contributed by atoms with Crippen LogP contribution < -0.4 is 21.1 Å². The van der Waals surface area contributed by atoms with Gasteiger partial charge in [-0.25, -0.2) is 0 Å². The molecule has 6 nitrogen and oxygen atoms in total. The first kappa shape index (κ1) is 14.2. The van der Waals surface area contributed by atoms with Crippen molar-refractivity contribution in [3.63, 3.8) is 0 Å². The van der Waals surface area contributed by atoms with Crippen molar-refractivity contribution < 1.29 is 14.3 Å². The van der Waals surface area contributed by atoms with Crippen LogP contribution in [0.25, 0.3) is 0 Å². The van der Waals surface area contributed by atoms with Crippen molar-refractivity contribution in [1.82, 2.24) is 0 Å². The number of thiocarbonyl (C=S) groups is 1. The van der Waals surface area contributed by atoms with Crippen LogP contribution in [0.2, 0.25) is 0 Å². The van der Waals surface area contributed by atoms with Crippen molar-refractivity contribution in [2.75, 3.05) is 31.5 Å². The van der Waals surface area contributed by atoms with Gasteiger partial charge in [0.05, 0.1) is 12.8 Å². The standard InChI is InChI=1S/C11H15N3O3S/c1-16-6-10(15)14-8-5-7(13-11(12)18)3-4-9(8)17-2/h3-5H,6H2,1-2H3,(H,14,15)(H3,12,13,18). The summed E-state index contributed by atoms with van der Waals surface area (Å²) in [6.07, 6.45) is 0. The highest BCUT2D eigenvalue weighted by molar-refractivity contribution is 7.80. The summed E-state index contributed by atoms with van der Waals surface area (Å²) in [5.41, 5.74) is 6.55. The van der Waals surface area contributed by atoms with Crippen LogP contribution in [0.3, 0.4) is 0 Å². The predicted octanol–water partition coefficient (Wildman–Crippen LogP) is 0.936. The summed E-state index contributed by atoms with van der Waals surface area (Å²) in [5, 5.41) is 5.58. The largest absolute Gasteiger partial charge is 0.495 e. The highest BCUT2D eigenvalue weighted by Crippen LogP contribution is 2.27. The van der Waals surface area contributed by atoms with Crippen LogP contribution in [0.5, 0.6) is 5.75 Å². The summed E-state index contributed by atoms with van der Waals surface area (Å²) in [6, 6.07) is 5.11. The van der Waals surface area contributed by atoms with E-state index in [-0.39, 0.29) is 17.6 Å². The number of carbonyl (C=O) groups is 1. The fraction of sp³-hybridized carbons (Fsp3) is 0.273. The molecule has 1 amide bonds. The molecule has 0 spiro atoms. The van der Waals surface area contributed by atoms with Gasteiger partial charge >= 0.3 is 0 Å². The Morgan fingerprint density at radius 3 is 2.67 bits per heavy atom. The van der Waals surface area contributed by atoms with Gasteiger partial charge in [-0.15, -0.1) is 0 Å². The molecule has 0 radical (unpaired) electrons. The molecule has 0 aliphatic rings. The van der Waals surface area contributed by atoms with E-state index in [4.69, 9.17) is 27.4 Å². The number of hydrogen-bond acceptors (Lipinski definition) is 4. The van der Waals surface area contributed by atoms with Gasteiger partial charge in [0.15, 0.2) is 5.11 Å². The van der Waals surface area contributed by atoms with Crippen LogP contribution in [0.15, 0.2) is 18.2 Å². The van der Waals surface area contributed by atoms with Crippen LogP contribution in [0.1, 0.15) is 0 Å². The van der Waals surface area contributed by atoms with E-state index in [1.165, 1.54) is 14.2 Å². The van der Waals surface area contributed by atoms with Crippen molar-refractivity contribution in [2.24, 2.45) is 5.73 Å². The van der Waals surface area contributed by atoms with Gasteiger partial charge in [0.25, 0.3) is 0 Å². The molecule has 7 heteroatoms. The van der Waals surface area contributed by atoms with Crippen molar-refractivity contribution in [1.29, 1.82) is 0 Å². The maximum absolute atomic E-state index is 11.5. The number of rotatable bonds is 5. The van der Waals surface area contributed by atoms with Gasteiger partial charge in [0.1, 0.15) is 12.4 Å². The molecule has 1 rings (SSSR count). The van der Waals surface area contributed by atoms with E-state index in [2.05, 4.69) is 10.6 Å². The van der Waals surface area contributed by atoms with E-state index in [1.54, 1.807) is 18.2 Å². The first-order chi connectivity index (χ1) is 8.56. The molecule has 18 heavy (non-hydrogen) atoms. The quantitative estimate of drug-likeness (QED) is 0.690. The second-order valence-corrected chi connectivity index (χ2v) is 3.83. The molecule has 0 saturated heterocycles. The van der Waals surface area contributed by atoms with Gasteiger partial charge in [0, 0.05) is 12.8 Å². The van der Waals surface area contributed by atoms with E-state index in [0.717, 1.165) is 0 Å². The predicted molar refractivity (Wildman–Crippen MR) is 73.9 cm³/mol. The Hall–Kier alpha value is -1.86. The van der Waals surface area contributed by atoms with E-state index < -0.39 is 0 Å². The van der Waals surface area contributed by atoms with Crippen LogP contribution >= 0.6 is 12.2 Å². The van der Waals surface area contributed by atoms with Gasteiger partial charge in [-0.05, 0) is 30.4 Å². The minimum atomic E-state index is -0.275. The maximum atomic E-state index is 11.5. The molecule has 0 atom stereocenters. The summed E-state index contributed by atoms with van der Waals surface area (Å²) in [5.74, 6) is 0.260. The zero-order valence-corrected chi connectivity index (χ0v) is 11.0. The maximum Gasteiger partial charge on any atom is 0.250 e. The Morgan fingerprint density at radius 2 is 2.11 bits per heavy atom. The van der Waals surface area contributed by atoms with Crippen LogP contribution in [-0.4, -0.2) is 31.8 Å². The highest BCUT2D eigenvalue weighted by Gasteiger charge is 2.08. The number of benzene rings is 1. The van der Waals surface area contributed by atoms with Gasteiger partial charge < -0.3 is 25.8 Å². The molecule has 4 N–H and O–H groups in total. The summed E-state index contributed by atoms with van der Waals surface area (Å²) in [6.45, 7) is -0.0316. The Kier molecular flexibility index (Phi) is 5.34. The van der Waals surface area contributed by atoms with E-state index in [9.17, 15) is 4.79 Å². The molecule has 0 saturated carbocycles. The Bertz CT molecular complexity index is 451. The average Bonchev–Trinajstić information content (AvgIpc) is 2.28. The van der Waals surface area contributed by atoms with Gasteiger partial charge in [-0.3, -0.25) is 4.79 Å². The molecule has 0 aliphatic carbocycles. The van der Waals surface area contributed by atoms with Gasteiger partial charge in [-0.2, -0.15) is 0 Å². The smallest absolute Gasteiger partial charge is 0.250 e. The van der Waals surface area contributed by atoms with Crippen molar-refractivity contribution in [3.05, 3.63) is 18.2 Å². The van der Waals surface area contributed by atoms with Crippen LogP contribution in [0.4, 0.5) is 11.4 Å². The number of carbonyl (C=O) groups excluding carboxylic acids is 1. The number of amides is 1. The van der Waals surface area contributed by atoms with Crippen molar-refractivity contribution in [3.8, 4) is 5.75 Å². The molecule has 0 fully saturated rings. The third-order valence-corrected chi connectivity index (χ3v) is 2.12. The zero-order chi connectivity index (χ0) is 13.5. The van der Waals surface area contributed by atoms with E-state index >= 15 is 0 Å². The van der Waals surface area contributed by atoms with Crippen LogP contribution in [0, 0.1) is 0 Å². The molecule has 98 valence electrons. The number of methoxy groups -OCH3 is 2. The average molecular weight is 269 g/mol. The van der Waals surface area contributed by atoms with E-state index in [1.807, 2.05) is 0 Å². The molecule has 0 unspecified atom stereocenters. The molecular weight excluding hydrogens is 254 g/mol. The first-order valence-electron chi connectivity index (χ1n) is 5.10. The lowest BCUT2D eigenvalue weighted by molar-refractivity contribution is -0.119. The number of nitrogens with two attached hydrogens (primary N) is 1. The summed E-state index contributed by atoms with van der Waals surface area (Å²) >= 11 is 4.74. The fourth-order valence-electron chi connectivity index (χ4n) is 1.34. The summed E-state index contributed by atoms with van der Waals surface area (Å²) in [4.78, 5) is 11.5. The van der Waals surface area contributed by atoms with Gasteiger partial charge in [-0.1, -0.05) is 0 Å². The van der Waals surface area contributed by atoms with Gasteiger partial charge in [0.2, 0.25) is 5.91 Å². The molecule has 1 aromatic carbocycles. The molecular formula is C11H15N3O3S. The summed E-state index contributed by atoms with van der Waals surface area (Å²) < 4.78 is 9.87. The second kappa shape index (κ2) is 6.77. The molecule has 0 aromatic heterocycles. The first-order valence-corrected chi connectivity index (χ1v) is 5.51. The zero-order valence-electron chi connectivity index (χ0n) is 10.1. The second-order valence-electron chi connectivity index (χ2n) is 3.39. The third kappa shape index (κ3) is 4.19. The highest BCUT2D eigenvalue weighted by atomic mass is 32.1. The number of nitrogens with one attached hydrogen (secondary N) is 2. The number of hydrogen-bond donors (Lipinski definition) is 3. The topological polar surface area (TPSA) is 85.6 Å². The lowest BCUT2D eigenvalue weighted by Gasteiger charge is -2.12. The van der Waals surface area contributed by atoms with Crippen molar-refractivity contribution in [2.45, 2.75) is 0 Å². The lowest BCUT2D eigenvalue weighted by Crippen LogP contribution is -2.20. The normalized spacial score (nSPS) is 9.67. The number of anilines is 2. The molecule has 0 bridgehead atoms. The SMILES string of the molecule is COCC(=O)Nc1cc(NC(N)=S)ccc1OC. The Labute approximate surface area is 110 Å². The molecule has 1 aromatic rings. The third-order valence-electron chi connectivity index (χ3n) is 2.02. The summed E-state index contributed by atoms with van der Waals surface area (Å²) in [7, 11) is 2.96. The minimum Gasteiger partial charge on any atom is -0.495 e. The Morgan fingerprint density at radius 1 is 1.39 bits per heavy atom.